The van der Waals surface area contributed by atoms with Crippen LogP contribution in [0.25, 0.3) is 5.57 Å². The van der Waals surface area contributed by atoms with E-state index in [0.29, 0.717) is 0 Å². The summed E-state index contributed by atoms with van der Waals surface area (Å²) in [6, 6.07) is 0. The van der Waals surface area contributed by atoms with Gasteiger partial charge in [-0.1, -0.05) is 18.3 Å². The second-order valence-corrected chi connectivity index (χ2v) is 3.32. The van der Waals surface area contributed by atoms with Crippen molar-refractivity contribution >= 4 is 17.8 Å². The van der Waals surface area contributed by atoms with Gasteiger partial charge in [-0.25, -0.2) is 4.98 Å². The highest BCUT2D eigenvalue weighted by atomic mass is 32.1. The average molecular weight is 178 g/mol. The number of aromatic nitrogens is 2. The van der Waals surface area contributed by atoms with Gasteiger partial charge in [-0.05, 0) is 24.8 Å². The number of nitrogens with zero attached hydrogens (tertiary/aromatic N) is 1. The lowest BCUT2D eigenvalue weighted by molar-refractivity contribution is 0.933. The van der Waals surface area contributed by atoms with Crippen LogP contribution < -0.4 is 0 Å². The molecule has 1 aliphatic carbocycles. The molecule has 3 heteroatoms. The van der Waals surface area contributed by atoms with Crippen LogP contribution in [0.3, 0.4) is 0 Å². The van der Waals surface area contributed by atoms with Gasteiger partial charge < -0.3 is 4.98 Å². The maximum atomic E-state index is 5.15. The van der Waals surface area contributed by atoms with E-state index >= 15 is 0 Å². The fraction of sp³-hybridized carbons (Fsp3) is 0.333. The summed E-state index contributed by atoms with van der Waals surface area (Å²) in [7, 11) is 0. The van der Waals surface area contributed by atoms with E-state index in [1.807, 2.05) is 6.20 Å². The fourth-order valence-corrected chi connectivity index (χ4v) is 1.72. The summed E-state index contributed by atoms with van der Waals surface area (Å²) in [6.45, 7) is 0. The third-order valence-electron chi connectivity index (χ3n) is 2.11. The first-order chi connectivity index (χ1) is 5.88. The van der Waals surface area contributed by atoms with Crippen LogP contribution >= 0.6 is 12.2 Å². The number of aromatic amines is 1. The van der Waals surface area contributed by atoms with E-state index < -0.39 is 0 Å². The van der Waals surface area contributed by atoms with Crippen LogP contribution in [-0.2, 0) is 0 Å². The first-order valence-corrected chi connectivity index (χ1v) is 4.51. The molecule has 1 heterocycles. The van der Waals surface area contributed by atoms with E-state index in [4.69, 9.17) is 12.2 Å². The van der Waals surface area contributed by atoms with Crippen LogP contribution in [0.15, 0.2) is 18.6 Å². The van der Waals surface area contributed by atoms with Gasteiger partial charge in [-0.3, -0.25) is 0 Å². The Labute approximate surface area is 76.4 Å². The highest BCUT2D eigenvalue weighted by Gasteiger charge is 2.08. The minimum Gasteiger partial charge on any atom is -0.337 e. The summed E-state index contributed by atoms with van der Waals surface area (Å²) < 4.78 is 0.804. The molecule has 0 bridgehead atoms. The molecule has 62 valence electrons. The molecule has 1 N–H and O–H groups in total. The van der Waals surface area contributed by atoms with E-state index in [1.54, 1.807) is 6.33 Å². The van der Waals surface area contributed by atoms with Gasteiger partial charge in [0.05, 0.1) is 6.33 Å². The van der Waals surface area contributed by atoms with Crippen LogP contribution in [-0.4, -0.2) is 9.97 Å². The SMILES string of the molecule is S=c1[nH]cncc1C1=CCCC1. The van der Waals surface area contributed by atoms with Gasteiger partial charge in [0.1, 0.15) is 4.64 Å². The Bertz CT molecular complexity index is 365. The number of nitrogens with one attached hydrogen (secondary N) is 1. The van der Waals surface area contributed by atoms with Crippen molar-refractivity contribution in [3.63, 3.8) is 0 Å². The highest BCUT2D eigenvalue weighted by molar-refractivity contribution is 7.71. The largest absolute Gasteiger partial charge is 0.337 e. The fourth-order valence-electron chi connectivity index (χ4n) is 1.49. The lowest BCUT2D eigenvalue weighted by Crippen LogP contribution is -1.87. The van der Waals surface area contributed by atoms with Gasteiger partial charge in [-0.2, -0.15) is 0 Å². The number of allylic oxidation sites excluding steroid dienone is 2. The summed E-state index contributed by atoms with van der Waals surface area (Å²) in [5.74, 6) is 0. The Balaban J connectivity index is 2.46. The van der Waals surface area contributed by atoms with Crippen LogP contribution in [0, 0.1) is 4.64 Å². The predicted molar refractivity (Wildman–Crippen MR) is 51.2 cm³/mol. The molecule has 0 saturated carbocycles. The minimum absolute atomic E-state index is 0.804. The zero-order valence-electron chi connectivity index (χ0n) is 6.71. The Hall–Kier alpha value is -0.960. The molecule has 1 aromatic rings. The molecule has 2 nitrogen and oxygen atoms in total. The van der Waals surface area contributed by atoms with Gasteiger partial charge in [0, 0.05) is 11.8 Å². The topological polar surface area (TPSA) is 28.7 Å². The average Bonchev–Trinajstić information content (AvgIpc) is 2.57. The molecule has 0 aliphatic heterocycles. The first-order valence-electron chi connectivity index (χ1n) is 4.10. The minimum atomic E-state index is 0.804. The van der Waals surface area contributed by atoms with Gasteiger partial charge in [0.25, 0.3) is 0 Å². The number of hydrogen-bond donors (Lipinski definition) is 1. The van der Waals surface area contributed by atoms with Crippen molar-refractivity contribution in [2.75, 3.05) is 0 Å². The molecule has 1 aromatic heterocycles. The normalized spacial score (nSPS) is 16.2. The molecule has 0 fully saturated rings. The van der Waals surface area contributed by atoms with Crippen LogP contribution in [0.5, 0.6) is 0 Å². The van der Waals surface area contributed by atoms with E-state index in [0.717, 1.165) is 16.6 Å². The molecule has 2 rings (SSSR count). The number of rotatable bonds is 1. The summed E-state index contributed by atoms with van der Waals surface area (Å²) in [6.07, 6.45) is 9.29. The Morgan fingerprint density at radius 2 is 2.42 bits per heavy atom. The molecule has 12 heavy (non-hydrogen) atoms. The maximum Gasteiger partial charge on any atom is 0.113 e. The smallest absolute Gasteiger partial charge is 0.113 e. The second kappa shape index (κ2) is 3.19. The van der Waals surface area contributed by atoms with Crippen LogP contribution in [0.4, 0.5) is 0 Å². The molecule has 0 unspecified atom stereocenters. The third-order valence-corrected chi connectivity index (χ3v) is 2.44. The predicted octanol–water partition coefficient (Wildman–Crippen LogP) is 2.71. The molecular weight excluding hydrogens is 168 g/mol. The van der Waals surface area contributed by atoms with Gasteiger partial charge in [0.2, 0.25) is 0 Å². The zero-order valence-corrected chi connectivity index (χ0v) is 7.53. The van der Waals surface area contributed by atoms with Crippen molar-refractivity contribution in [2.45, 2.75) is 19.3 Å². The van der Waals surface area contributed by atoms with Crippen molar-refractivity contribution in [3.05, 3.63) is 28.8 Å². The third kappa shape index (κ3) is 1.32. The van der Waals surface area contributed by atoms with Gasteiger partial charge >= 0.3 is 0 Å². The molecule has 0 aromatic carbocycles. The number of hydrogen-bond acceptors (Lipinski definition) is 2. The van der Waals surface area contributed by atoms with E-state index in [2.05, 4.69) is 16.0 Å². The van der Waals surface area contributed by atoms with Gasteiger partial charge in [-0.15, -0.1) is 0 Å². The second-order valence-electron chi connectivity index (χ2n) is 2.92. The summed E-state index contributed by atoms with van der Waals surface area (Å²) in [5.41, 5.74) is 2.45. The van der Waals surface area contributed by atoms with E-state index in [-0.39, 0.29) is 0 Å². The lowest BCUT2D eigenvalue weighted by Gasteiger charge is -1.99. The van der Waals surface area contributed by atoms with Crippen molar-refractivity contribution < 1.29 is 0 Å². The summed E-state index contributed by atoms with van der Waals surface area (Å²) >= 11 is 5.15. The maximum absolute atomic E-state index is 5.15. The van der Waals surface area contributed by atoms with Gasteiger partial charge in [0.15, 0.2) is 0 Å². The van der Waals surface area contributed by atoms with E-state index in [9.17, 15) is 0 Å². The first kappa shape index (κ1) is 7.68. The molecule has 0 atom stereocenters. The standard InChI is InChI=1S/C9H10N2S/c12-9-8(5-10-6-11-9)7-3-1-2-4-7/h3,5-6H,1-2,4H2,(H,10,11,12). The summed E-state index contributed by atoms with van der Waals surface area (Å²) in [4.78, 5) is 6.97. The van der Waals surface area contributed by atoms with Crippen molar-refractivity contribution in [1.82, 2.24) is 9.97 Å². The van der Waals surface area contributed by atoms with Crippen molar-refractivity contribution in [1.29, 1.82) is 0 Å². The highest BCUT2D eigenvalue weighted by Crippen LogP contribution is 2.26. The Morgan fingerprint density at radius 3 is 3.08 bits per heavy atom. The summed E-state index contributed by atoms with van der Waals surface area (Å²) in [5, 5.41) is 0. The zero-order chi connectivity index (χ0) is 8.39. The van der Waals surface area contributed by atoms with Crippen molar-refractivity contribution in [2.24, 2.45) is 0 Å². The monoisotopic (exact) mass is 178 g/mol. The van der Waals surface area contributed by atoms with Crippen LogP contribution in [0.2, 0.25) is 0 Å². The van der Waals surface area contributed by atoms with E-state index in [1.165, 1.54) is 18.4 Å². The molecule has 0 saturated heterocycles. The van der Waals surface area contributed by atoms with Crippen LogP contribution in [0.1, 0.15) is 24.8 Å². The molecule has 0 radical (unpaired) electrons. The Morgan fingerprint density at radius 1 is 1.50 bits per heavy atom. The molecule has 0 spiro atoms. The van der Waals surface area contributed by atoms with Crippen molar-refractivity contribution in [3.8, 4) is 0 Å². The lowest BCUT2D eigenvalue weighted by atomic mass is 10.1. The molecular formula is C9H10N2S. The molecule has 0 amide bonds. The Kier molecular flexibility index (Phi) is 2.04. The quantitative estimate of drug-likeness (QED) is 0.670. The number of H-pyrrole nitrogens is 1. The molecule has 1 aliphatic rings.